The van der Waals surface area contributed by atoms with E-state index in [0.717, 1.165) is 32.6 Å². The molecule has 0 saturated carbocycles. The first-order chi connectivity index (χ1) is 11.7. The fourth-order valence-electron chi connectivity index (χ4n) is 3.97. The van der Waals surface area contributed by atoms with Gasteiger partial charge in [0, 0.05) is 30.9 Å². The van der Waals surface area contributed by atoms with Crippen LogP contribution in [0, 0.1) is 0 Å². The summed E-state index contributed by atoms with van der Waals surface area (Å²) in [6, 6.07) is 9.64. The fraction of sp³-hybridized carbons (Fsp3) is 0.632. The van der Waals surface area contributed by atoms with Crippen molar-refractivity contribution < 1.29 is 0 Å². The first-order valence-electron chi connectivity index (χ1n) is 9.31. The van der Waals surface area contributed by atoms with Gasteiger partial charge in [0.25, 0.3) is 0 Å². The van der Waals surface area contributed by atoms with Gasteiger partial charge in [-0.3, -0.25) is 9.89 Å². The number of hydrogen-bond donors (Lipinski definition) is 2. The molecule has 2 aliphatic rings. The van der Waals surface area contributed by atoms with Gasteiger partial charge >= 0.3 is 0 Å². The summed E-state index contributed by atoms with van der Waals surface area (Å²) in [7, 11) is 0. The lowest BCUT2D eigenvalue weighted by molar-refractivity contribution is 0.267. The smallest absolute Gasteiger partial charge is 0.188 e. The molecule has 5 nitrogen and oxygen atoms in total. The maximum Gasteiger partial charge on any atom is 0.188 e. The van der Waals surface area contributed by atoms with E-state index in [1.807, 2.05) is 0 Å². The Balaban J connectivity index is 1.48. The quantitative estimate of drug-likeness (QED) is 0.617. The molecule has 2 aliphatic heterocycles. The van der Waals surface area contributed by atoms with Gasteiger partial charge in [0.1, 0.15) is 0 Å². The summed E-state index contributed by atoms with van der Waals surface area (Å²) in [6.07, 6.45) is 3.68. The normalized spacial score (nSPS) is 22.7. The van der Waals surface area contributed by atoms with Crippen molar-refractivity contribution in [1.29, 1.82) is 0 Å². The summed E-state index contributed by atoms with van der Waals surface area (Å²) in [5.41, 5.74) is 8.88. The zero-order valence-electron chi connectivity index (χ0n) is 15.0. The van der Waals surface area contributed by atoms with E-state index in [-0.39, 0.29) is 0 Å². The third-order valence-corrected chi connectivity index (χ3v) is 5.41. The second-order valence-corrected chi connectivity index (χ2v) is 6.95. The minimum atomic E-state index is 0.368. The summed E-state index contributed by atoms with van der Waals surface area (Å²) in [5.74, 6) is 0.581. The van der Waals surface area contributed by atoms with Crippen LogP contribution < -0.4 is 16.0 Å². The Morgan fingerprint density at radius 1 is 1.38 bits per heavy atom. The summed E-state index contributed by atoms with van der Waals surface area (Å²) in [6.45, 7) is 9.51. The number of fused-ring (bicyclic) bond motifs is 1. The average Bonchev–Trinajstić information content (AvgIpc) is 3.24. The number of likely N-dealkylation sites (tertiary alicyclic amines) is 1. The van der Waals surface area contributed by atoms with Crippen molar-refractivity contribution in [3.8, 4) is 0 Å². The molecule has 1 aromatic rings. The van der Waals surface area contributed by atoms with Gasteiger partial charge in [-0.05, 0) is 50.9 Å². The molecule has 2 heterocycles. The van der Waals surface area contributed by atoms with Gasteiger partial charge in [0.15, 0.2) is 5.96 Å². The Morgan fingerprint density at radius 2 is 2.21 bits per heavy atom. The first kappa shape index (κ1) is 17.1. The molecule has 24 heavy (non-hydrogen) atoms. The number of para-hydroxylation sites is 1. The molecule has 0 aromatic heterocycles. The van der Waals surface area contributed by atoms with Gasteiger partial charge in [-0.2, -0.15) is 0 Å². The van der Waals surface area contributed by atoms with Crippen LogP contribution in [0.1, 0.15) is 32.3 Å². The van der Waals surface area contributed by atoms with Crippen LogP contribution in [0.25, 0.3) is 0 Å². The molecule has 5 heteroatoms. The lowest BCUT2D eigenvalue weighted by atomic mass is 10.2. The zero-order chi connectivity index (χ0) is 16.9. The van der Waals surface area contributed by atoms with E-state index in [0.29, 0.717) is 18.0 Å². The van der Waals surface area contributed by atoms with E-state index in [4.69, 9.17) is 5.73 Å². The Hall–Kier alpha value is -1.75. The minimum absolute atomic E-state index is 0.368. The Labute approximate surface area is 145 Å². The minimum Gasteiger partial charge on any atom is -0.370 e. The Kier molecular flexibility index (Phi) is 5.61. The molecule has 0 radical (unpaired) electrons. The number of nitrogens with one attached hydrogen (secondary N) is 1. The van der Waals surface area contributed by atoms with Crippen molar-refractivity contribution in [2.45, 2.75) is 45.2 Å². The highest BCUT2D eigenvalue weighted by molar-refractivity contribution is 5.77. The van der Waals surface area contributed by atoms with Crippen LogP contribution in [-0.4, -0.2) is 55.7 Å². The second-order valence-electron chi connectivity index (χ2n) is 6.95. The molecule has 3 N–H and O–H groups in total. The largest absolute Gasteiger partial charge is 0.370 e. The Morgan fingerprint density at radius 3 is 3.04 bits per heavy atom. The first-order valence-corrected chi connectivity index (χ1v) is 9.31. The maximum atomic E-state index is 6.08. The lowest BCUT2D eigenvalue weighted by Gasteiger charge is -2.26. The summed E-state index contributed by atoms with van der Waals surface area (Å²) in [4.78, 5) is 9.54. The summed E-state index contributed by atoms with van der Waals surface area (Å²) < 4.78 is 0. The number of likely N-dealkylation sites (N-methyl/N-ethyl adjacent to an activating group) is 1. The Bertz CT molecular complexity index is 571. The van der Waals surface area contributed by atoms with E-state index in [9.17, 15) is 0 Å². The highest BCUT2D eigenvalue weighted by Gasteiger charge is 2.24. The number of aliphatic imine (C=N–C) groups is 1. The van der Waals surface area contributed by atoms with Crippen LogP contribution in [-0.2, 0) is 6.42 Å². The third-order valence-electron chi connectivity index (χ3n) is 5.41. The standard InChI is InChI=1S/C19H31N5/c1-3-23-11-6-8-17(23)14-22-19(20)21-13-15(2)24-12-10-16-7-4-5-9-18(16)24/h4-5,7,9,15,17H,3,6,8,10-14H2,1-2H3,(H3,20,21,22). The monoisotopic (exact) mass is 329 g/mol. The van der Waals surface area contributed by atoms with Crippen molar-refractivity contribution in [3.05, 3.63) is 29.8 Å². The van der Waals surface area contributed by atoms with E-state index >= 15 is 0 Å². The van der Waals surface area contributed by atoms with Crippen LogP contribution in [0.2, 0.25) is 0 Å². The molecule has 1 aromatic carbocycles. The molecule has 1 fully saturated rings. The molecular formula is C19H31N5. The van der Waals surface area contributed by atoms with Crippen LogP contribution in [0.3, 0.4) is 0 Å². The van der Waals surface area contributed by atoms with Gasteiger partial charge < -0.3 is 16.0 Å². The van der Waals surface area contributed by atoms with E-state index in [1.165, 1.54) is 30.6 Å². The van der Waals surface area contributed by atoms with Crippen molar-refractivity contribution in [3.63, 3.8) is 0 Å². The van der Waals surface area contributed by atoms with Crippen molar-refractivity contribution in [2.75, 3.05) is 37.6 Å². The van der Waals surface area contributed by atoms with Gasteiger partial charge in [0.2, 0.25) is 0 Å². The molecule has 0 bridgehead atoms. The highest BCUT2D eigenvalue weighted by atomic mass is 15.2. The molecular weight excluding hydrogens is 298 g/mol. The number of nitrogens with zero attached hydrogens (tertiary/aromatic N) is 3. The van der Waals surface area contributed by atoms with Crippen molar-refractivity contribution in [1.82, 2.24) is 10.2 Å². The number of guanidine groups is 1. The molecule has 2 unspecified atom stereocenters. The molecule has 132 valence electrons. The highest BCUT2D eigenvalue weighted by Crippen LogP contribution is 2.29. The maximum absolute atomic E-state index is 6.08. The number of benzene rings is 1. The van der Waals surface area contributed by atoms with Crippen LogP contribution in [0.15, 0.2) is 29.3 Å². The fourth-order valence-corrected chi connectivity index (χ4v) is 3.97. The van der Waals surface area contributed by atoms with Crippen LogP contribution in [0.5, 0.6) is 0 Å². The molecule has 2 atom stereocenters. The molecule has 0 amide bonds. The number of nitrogens with two attached hydrogens (primary N) is 1. The third kappa shape index (κ3) is 3.83. The van der Waals surface area contributed by atoms with Gasteiger partial charge in [0.05, 0.1) is 6.54 Å². The van der Waals surface area contributed by atoms with Crippen molar-refractivity contribution >= 4 is 11.6 Å². The predicted octanol–water partition coefficient (Wildman–Crippen LogP) is 1.83. The van der Waals surface area contributed by atoms with E-state index < -0.39 is 0 Å². The van der Waals surface area contributed by atoms with Gasteiger partial charge in [-0.15, -0.1) is 0 Å². The lowest BCUT2D eigenvalue weighted by Crippen LogP contribution is -2.43. The second kappa shape index (κ2) is 7.88. The zero-order valence-corrected chi connectivity index (χ0v) is 15.0. The average molecular weight is 329 g/mol. The summed E-state index contributed by atoms with van der Waals surface area (Å²) >= 11 is 0. The van der Waals surface area contributed by atoms with Crippen molar-refractivity contribution in [2.24, 2.45) is 10.7 Å². The van der Waals surface area contributed by atoms with E-state index in [2.05, 4.69) is 58.2 Å². The molecule has 3 rings (SSSR count). The summed E-state index contributed by atoms with van der Waals surface area (Å²) in [5, 5.41) is 3.32. The van der Waals surface area contributed by atoms with Gasteiger partial charge in [-0.1, -0.05) is 25.1 Å². The van der Waals surface area contributed by atoms with Gasteiger partial charge in [-0.25, -0.2) is 0 Å². The SMILES string of the molecule is CCN1CCCC1CNC(N)=NCC(C)N1CCc2ccccc21. The molecule has 0 spiro atoms. The number of anilines is 1. The molecule has 0 aliphatic carbocycles. The topological polar surface area (TPSA) is 56.9 Å². The number of rotatable bonds is 6. The number of hydrogen-bond acceptors (Lipinski definition) is 3. The molecule has 1 saturated heterocycles. The van der Waals surface area contributed by atoms with Crippen LogP contribution in [0.4, 0.5) is 5.69 Å². The predicted molar refractivity (Wildman–Crippen MR) is 102 cm³/mol. The van der Waals surface area contributed by atoms with Crippen LogP contribution >= 0.6 is 0 Å². The van der Waals surface area contributed by atoms with E-state index in [1.54, 1.807) is 0 Å².